The maximum atomic E-state index is 12.1. The van der Waals surface area contributed by atoms with Crippen molar-refractivity contribution in [2.45, 2.75) is 32.4 Å². The molecule has 1 amide bonds. The molecule has 0 aromatic heterocycles. The number of benzene rings is 1. The molecule has 1 aromatic rings. The maximum Gasteiger partial charge on any atom is 0.251 e. The highest BCUT2D eigenvalue weighted by atomic mass is 35.5. The Balaban J connectivity index is 1.96. The van der Waals surface area contributed by atoms with Crippen LogP contribution in [0.2, 0.25) is 5.02 Å². The van der Waals surface area contributed by atoms with Crippen molar-refractivity contribution >= 4 is 17.5 Å². The SMILES string of the molecule is CC(C)N1CCC(NC(=O)c2ccc(O)c(Cl)c2)C1. The molecular formula is C14H19ClN2O2. The predicted molar refractivity (Wildman–Crippen MR) is 75.7 cm³/mol. The number of rotatable bonds is 3. The van der Waals surface area contributed by atoms with Crippen molar-refractivity contribution in [3.8, 4) is 5.75 Å². The summed E-state index contributed by atoms with van der Waals surface area (Å²) in [4.78, 5) is 14.4. The summed E-state index contributed by atoms with van der Waals surface area (Å²) in [5, 5.41) is 12.5. The van der Waals surface area contributed by atoms with Crippen LogP contribution in [0, 0.1) is 0 Å². The zero-order valence-electron chi connectivity index (χ0n) is 11.2. The lowest BCUT2D eigenvalue weighted by Gasteiger charge is -2.20. The summed E-state index contributed by atoms with van der Waals surface area (Å²) in [5.74, 6) is -0.150. The highest BCUT2D eigenvalue weighted by molar-refractivity contribution is 6.32. The Bertz CT molecular complexity index is 477. The molecule has 1 fully saturated rings. The van der Waals surface area contributed by atoms with E-state index in [0.29, 0.717) is 11.6 Å². The summed E-state index contributed by atoms with van der Waals surface area (Å²) in [6, 6.07) is 5.19. The molecule has 0 saturated carbocycles. The fraction of sp³-hybridized carbons (Fsp3) is 0.500. The minimum atomic E-state index is -0.141. The van der Waals surface area contributed by atoms with Gasteiger partial charge in [-0.25, -0.2) is 0 Å². The summed E-state index contributed by atoms with van der Waals surface area (Å²) >= 11 is 5.80. The van der Waals surface area contributed by atoms with Gasteiger partial charge in [0.25, 0.3) is 5.91 Å². The van der Waals surface area contributed by atoms with Gasteiger partial charge >= 0.3 is 0 Å². The fourth-order valence-corrected chi connectivity index (χ4v) is 2.47. The molecule has 1 heterocycles. The molecule has 2 N–H and O–H groups in total. The standard InChI is InChI=1S/C14H19ClN2O2/c1-9(2)17-6-5-11(8-17)16-14(19)10-3-4-13(18)12(15)7-10/h3-4,7,9,11,18H,5-6,8H2,1-2H3,(H,16,19). The highest BCUT2D eigenvalue weighted by Crippen LogP contribution is 2.23. The average molecular weight is 283 g/mol. The van der Waals surface area contributed by atoms with E-state index in [-0.39, 0.29) is 22.7 Å². The van der Waals surface area contributed by atoms with E-state index in [9.17, 15) is 9.90 Å². The Morgan fingerprint density at radius 2 is 2.26 bits per heavy atom. The summed E-state index contributed by atoms with van der Waals surface area (Å²) in [6.45, 7) is 6.21. The number of carbonyl (C=O) groups is 1. The van der Waals surface area contributed by atoms with Crippen molar-refractivity contribution in [1.82, 2.24) is 10.2 Å². The lowest BCUT2D eigenvalue weighted by Crippen LogP contribution is -2.38. The second kappa shape index (κ2) is 5.80. The number of phenolic OH excluding ortho intramolecular Hbond substituents is 1. The summed E-state index contributed by atoms with van der Waals surface area (Å²) in [7, 11) is 0. The predicted octanol–water partition coefficient (Wildman–Crippen LogP) is 2.26. The Morgan fingerprint density at radius 1 is 1.53 bits per heavy atom. The lowest BCUT2D eigenvalue weighted by atomic mass is 10.2. The van der Waals surface area contributed by atoms with E-state index in [4.69, 9.17) is 11.6 Å². The number of aromatic hydroxyl groups is 1. The van der Waals surface area contributed by atoms with E-state index < -0.39 is 0 Å². The molecule has 1 atom stereocenters. The minimum absolute atomic E-state index is 0.00920. The van der Waals surface area contributed by atoms with Crippen LogP contribution in [-0.4, -0.2) is 41.1 Å². The number of likely N-dealkylation sites (tertiary alicyclic amines) is 1. The van der Waals surface area contributed by atoms with Gasteiger partial charge in [0.15, 0.2) is 0 Å². The Morgan fingerprint density at radius 3 is 2.84 bits per heavy atom. The molecule has 1 unspecified atom stereocenters. The Labute approximate surface area is 118 Å². The van der Waals surface area contributed by atoms with Crippen LogP contribution in [0.5, 0.6) is 5.75 Å². The third kappa shape index (κ3) is 3.39. The molecule has 1 aromatic carbocycles. The molecule has 0 bridgehead atoms. The molecule has 1 aliphatic heterocycles. The van der Waals surface area contributed by atoms with Crippen LogP contribution < -0.4 is 5.32 Å². The van der Waals surface area contributed by atoms with Crippen molar-refractivity contribution in [1.29, 1.82) is 0 Å². The molecular weight excluding hydrogens is 264 g/mol. The third-order valence-corrected chi connectivity index (χ3v) is 3.80. The first-order valence-corrected chi connectivity index (χ1v) is 6.88. The van der Waals surface area contributed by atoms with Crippen molar-refractivity contribution in [2.24, 2.45) is 0 Å². The van der Waals surface area contributed by atoms with E-state index in [2.05, 4.69) is 24.1 Å². The van der Waals surface area contributed by atoms with Gasteiger partial charge in [0.1, 0.15) is 5.75 Å². The molecule has 0 spiro atoms. The third-order valence-electron chi connectivity index (χ3n) is 3.50. The summed E-state index contributed by atoms with van der Waals surface area (Å²) in [5.41, 5.74) is 0.478. The number of nitrogens with one attached hydrogen (secondary N) is 1. The Hall–Kier alpha value is -1.26. The first-order valence-electron chi connectivity index (χ1n) is 6.51. The quantitative estimate of drug-likeness (QED) is 0.894. The number of amides is 1. The van der Waals surface area contributed by atoms with Crippen LogP contribution in [0.4, 0.5) is 0 Å². The molecule has 1 aliphatic rings. The van der Waals surface area contributed by atoms with Crippen molar-refractivity contribution in [2.75, 3.05) is 13.1 Å². The Kier molecular flexibility index (Phi) is 4.32. The largest absolute Gasteiger partial charge is 0.506 e. The highest BCUT2D eigenvalue weighted by Gasteiger charge is 2.25. The van der Waals surface area contributed by atoms with Crippen LogP contribution in [0.3, 0.4) is 0 Å². The molecule has 0 radical (unpaired) electrons. The van der Waals surface area contributed by atoms with E-state index >= 15 is 0 Å². The van der Waals surface area contributed by atoms with Gasteiger partial charge in [-0.3, -0.25) is 9.69 Å². The van der Waals surface area contributed by atoms with Gasteiger partial charge in [-0.2, -0.15) is 0 Å². The zero-order valence-corrected chi connectivity index (χ0v) is 11.9. The monoisotopic (exact) mass is 282 g/mol. The number of halogens is 1. The molecule has 1 saturated heterocycles. The van der Waals surface area contributed by atoms with Crippen LogP contribution >= 0.6 is 11.6 Å². The van der Waals surface area contributed by atoms with E-state index in [1.807, 2.05) is 0 Å². The van der Waals surface area contributed by atoms with Crippen LogP contribution in [-0.2, 0) is 0 Å². The van der Waals surface area contributed by atoms with Gasteiger partial charge in [-0.1, -0.05) is 11.6 Å². The number of phenols is 1. The van der Waals surface area contributed by atoms with Crippen LogP contribution in [0.15, 0.2) is 18.2 Å². The summed E-state index contributed by atoms with van der Waals surface area (Å²) < 4.78 is 0. The van der Waals surface area contributed by atoms with E-state index in [1.165, 1.54) is 12.1 Å². The minimum Gasteiger partial charge on any atom is -0.506 e. The van der Waals surface area contributed by atoms with Crippen molar-refractivity contribution < 1.29 is 9.90 Å². The smallest absolute Gasteiger partial charge is 0.251 e. The number of hydrogen-bond donors (Lipinski definition) is 2. The molecule has 4 nitrogen and oxygen atoms in total. The number of nitrogens with zero attached hydrogens (tertiary/aromatic N) is 1. The topological polar surface area (TPSA) is 52.6 Å². The first-order chi connectivity index (χ1) is 8.97. The van der Waals surface area contributed by atoms with Gasteiger partial charge < -0.3 is 10.4 Å². The van der Waals surface area contributed by atoms with Gasteiger partial charge in [-0.05, 0) is 38.5 Å². The lowest BCUT2D eigenvalue weighted by molar-refractivity contribution is 0.0936. The summed E-state index contributed by atoms with van der Waals surface area (Å²) in [6.07, 6.45) is 0.968. The molecule has 2 rings (SSSR count). The normalized spacial score (nSPS) is 19.9. The van der Waals surface area contributed by atoms with E-state index in [1.54, 1.807) is 6.07 Å². The molecule has 5 heteroatoms. The second-order valence-corrected chi connectivity index (χ2v) is 5.62. The maximum absolute atomic E-state index is 12.1. The van der Waals surface area contributed by atoms with E-state index in [0.717, 1.165) is 19.5 Å². The van der Waals surface area contributed by atoms with Crippen LogP contribution in [0.25, 0.3) is 0 Å². The number of carbonyl (C=O) groups excluding carboxylic acids is 1. The number of hydrogen-bond acceptors (Lipinski definition) is 3. The van der Waals surface area contributed by atoms with Gasteiger partial charge in [0.05, 0.1) is 5.02 Å². The van der Waals surface area contributed by atoms with Crippen molar-refractivity contribution in [3.05, 3.63) is 28.8 Å². The average Bonchev–Trinajstić information content (AvgIpc) is 2.81. The van der Waals surface area contributed by atoms with Crippen LogP contribution in [0.1, 0.15) is 30.6 Å². The second-order valence-electron chi connectivity index (χ2n) is 5.21. The fourth-order valence-electron chi connectivity index (χ4n) is 2.29. The molecule has 19 heavy (non-hydrogen) atoms. The first kappa shape index (κ1) is 14.2. The van der Waals surface area contributed by atoms with Crippen molar-refractivity contribution in [3.63, 3.8) is 0 Å². The molecule has 104 valence electrons. The zero-order chi connectivity index (χ0) is 14.0. The van der Waals surface area contributed by atoms with Gasteiger partial charge in [0.2, 0.25) is 0 Å². The van der Waals surface area contributed by atoms with Gasteiger partial charge in [-0.15, -0.1) is 0 Å². The van der Waals surface area contributed by atoms with Gasteiger partial charge in [0, 0.05) is 30.7 Å². The molecule has 0 aliphatic carbocycles.